The minimum atomic E-state index is -4.74. The summed E-state index contributed by atoms with van der Waals surface area (Å²) in [6, 6.07) is 5.63. The lowest BCUT2D eigenvalue weighted by Crippen LogP contribution is -2.36. The van der Waals surface area contributed by atoms with Gasteiger partial charge in [0.2, 0.25) is 0 Å². The minimum absolute atomic E-state index is 0.163. The third-order valence-corrected chi connectivity index (χ3v) is 4.23. The second-order valence-electron chi connectivity index (χ2n) is 5.96. The summed E-state index contributed by atoms with van der Waals surface area (Å²) in [5, 5.41) is 10.8. The number of imidazole rings is 1. The first kappa shape index (κ1) is 16.6. The molecule has 2 aliphatic rings. The fraction of sp³-hybridized carbons (Fsp3) is 0.400. The molecule has 1 aromatic carbocycles. The average Bonchev–Trinajstić information content (AvgIpc) is 3.14. The Bertz CT molecular complexity index is 805. The van der Waals surface area contributed by atoms with E-state index in [0.717, 1.165) is 0 Å². The van der Waals surface area contributed by atoms with Crippen molar-refractivity contribution in [1.82, 2.24) is 9.55 Å². The van der Waals surface area contributed by atoms with Gasteiger partial charge in [-0.15, -0.1) is 13.2 Å². The highest BCUT2D eigenvalue weighted by Crippen LogP contribution is 2.39. The topological polar surface area (TPSA) is 88.7 Å². The van der Waals surface area contributed by atoms with Crippen molar-refractivity contribution in [3.63, 3.8) is 0 Å². The number of halogens is 3. The second kappa shape index (κ2) is 5.87. The Labute approximate surface area is 144 Å². The number of aromatic nitrogens is 2. The lowest BCUT2D eigenvalue weighted by molar-refractivity contribution is -0.389. The highest BCUT2D eigenvalue weighted by Gasteiger charge is 2.43. The molecule has 4 rings (SSSR count). The van der Waals surface area contributed by atoms with E-state index in [4.69, 9.17) is 9.47 Å². The normalized spacial score (nSPS) is 24.5. The van der Waals surface area contributed by atoms with Gasteiger partial charge in [-0.1, -0.05) is 12.1 Å². The van der Waals surface area contributed by atoms with Gasteiger partial charge in [0.05, 0.1) is 12.6 Å². The summed E-state index contributed by atoms with van der Waals surface area (Å²) < 4.78 is 53.6. The molecule has 0 N–H and O–H groups in total. The van der Waals surface area contributed by atoms with Crippen LogP contribution in [0.15, 0.2) is 30.5 Å². The maximum Gasteiger partial charge on any atom is 0.573 e. The lowest BCUT2D eigenvalue weighted by Gasteiger charge is -2.23. The molecule has 2 aliphatic heterocycles. The van der Waals surface area contributed by atoms with Crippen molar-refractivity contribution >= 4 is 5.82 Å². The summed E-state index contributed by atoms with van der Waals surface area (Å²) in [6.45, 7) is 0.354. The fourth-order valence-corrected chi connectivity index (χ4v) is 3.13. The van der Waals surface area contributed by atoms with Crippen LogP contribution in [0.25, 0.3) is 0 Å². The van der Waals surface area contributed by atoms with Crippen LogP contribution in [0, 0.1) is 10.1 Å². The van der Waals surface area contributed by atoms with Gasteiger partial charge in [-0.05, 0) is 22.6 Å². The van der Waals surface area contributed by atoms with Crippen LogP contribution in [0.4, 0.5) is 19.0 Å². The summed E-state index contributed by atoms with van der Waals surface area (Å²) in [5.74, 6) is -0.600. The van der Waals surface area contributed by atoms with Gasteiger partial charge in [0, 0.05) is 11.4 Å². The lowest BCUT2D eigenvalue weighted by atomic mass is 10.0. The molecule has 3 heterocycles. The van der Waals surface area contributed by atoms with E-state index >= 15 is 0 Å². The van der Waals surface area contributed by atoms with Crippen LogP contribution in [0.5, 0.6) is 11.8 Å². The van der Waals surface area contributed by atoms with Crippen LogP contribution in [-0.2, 0) is 11.3 Å². The number of rotatable bonds is 3. The molecule has 1 aromatic heterocycles. The zero-order valence-corrected chi connectivity index (χ0v) is 13.0. The van der Waals surface area contributed by atoms with Gasteiger partial charge >= 0.3 is 18.2 Å². The first-order chi connectivity index (χ1) is 12.3. The molecular formula is C15H12F3N3O5. The van der Waals surface area contributed by atoms with Crippen LogP contribution in [0.1, 0.15) is 18.1 Å². The Morgan fingerprint density at radius 1 is 1.27 bits per heavy atom. The summed E-state index contributed by atoms with van der Waals surface area (Å²) in [7, 11) is 0. The number of hydrogen-bond acceptors (Lipinski definition) is 6. The molecule has 3 atom stereocenters. The van der Waals surface area contributed by atoms with Crippen LogP contribution in [-0.4, -0.2) is 33.0 Å². The van der Waals surface area contributed by atoms with E-state index in [-0.39, 0.29) is 35.9 Å². The number of nitro groups is 1. The molecule has 2 unspecified atom stereocenters. The molecule has 1 saturated heterocycles. The monoisotopic (exact) mass is 371 g/mol. The largest absolute Gasteiger partial charge is 0.573 e. The van der Waals surface area contributed by atoms with Crippen molar-refractivity contribution in [2.75, 3.05) is 0 Å². The average molecular weight is 371 g/mol. The third-order valence-electron chi connectivity index (χ3n) is 4.23. The standard InChI is InChI=1S/C15H12F3N3O5/c16-15(17,18)26-9-3-1-8(2-4-9)10-5-11-12(24-10)6-20-7-13(21(22)23)19-14(20)25-11/h1-4,7,10-12H,5-6H2/t10-,11?,12?/m1/s1. The molecule has 138 valence electrons. The first-order valence-electron chi connectivity index (χ1n) is 7.68. The number of nitrogens with zero attached hydrogens (tertiary/aromatic N) is 3. The Kier molecular flexibility index (Phi) is 3.75. The van der Waals surface area contributed by atoms with Crippen LogP contribution >= 0.6 is 0 Å². The van der Waals surface area contributed by atoms with Gasteiger partial charge in [0.1, 0.15) is 24.2 Å². The highest BCUT2D eigenvalue weighted by atomic mass is 19.4. The molecule has 0 radical (unpaired) electrons. The van der Waals surface area contributed by atoms with Crippen molar-refractivity contribution in [1.29, 1.82) is 0 Å². The predicted molar refractivity (Wildman–Crippen MR) is 78.7 cm³/mol. The van der Waals surface area contributed by atoms with Crippen molar-refractivity contribution < 1.29 is 32.3 Å². The molecule has 0 spiro atoms. The number of benzene rings is 1. The molecule has 0 amide bonds. The predicted octanol–water partition coefficient (Wildman–Crippen LogP) is 2.98. The van der Waals surface area contributed by atoms with Gasteiger partial charge in [0.25, 0.3) is 0 Å². The molecule has 1 fully saturated rings. The molecule has 11 heteroatoms. The molecule has 8 nitrogen and oxygen atoms in total. The van der Waals surface area contributed by atoms with Crippen molar-refractivity contribution in [3.8, 4) is 11.8 Å². The quantitative estimate of drug-likeness (QED) is 0.609. The van der Waals surface area contributed by atoms with E-state index in [1.165, 1.54) is 35.0 Å². The summed E-state index contributed by atoms with van der Waals surface area (Å²) in [4.78, 5) is 14.0. The Morgan fingerprint density at radius 2 is 2.00 bits per heavy atom. The zero-order chi connectivity index (χ0) is 18.5. The van der Waals surface area contributed by atoms with Crippen molar-refractivity contribution in [3.05, 3.63) is 46.1 Å². The van der Waals surface area contributed by atoms with Crippen LogP contribution in [0.2, 0.25) is 0 Å². The van der Waals surface area contributed by atoms with E-state index in [0.29, 0.717) is 18.5 Å². The molecule has 2 aromatic rings. The Balaban J connectivity index is 1.45. The van der Waals surface area contributed by atoms with E-state index in [2.05, 4.69) is 9.72 Å². The van der Waals surface area contributed by atoms with Gasteiger partial charge in [-0.2, -0.15) is 0 Å². The van der Waals surface area contributed by atoms with E-state index in [1.54, 1.807) is 0 Å². The van der Waals surface area contributed by atoms with Crippen molar-refractivity contribution in [2.45, 2.75) is 37.6 Å². The summed E-state index contributed by atoms with van der Waals surface area (Å²) in [6.07, 6.45) is -4.01. The fourth-order valence-electron chi connectivity index (χ4n) is 3.13. The maximum atomic E-state index is 12.2. The van der Waals surface area contributed by atoms with Gasteiger partial charge < -0.3 is 24.3 Å². The van der Waals surface area contributed by atoms with Crippen LogP contribution in [0.3, 0.4) is 0 Å². The SMILES string of the molecule is O=[N+]([O-])c1cn2c(n1)OC1C[C@H](c3ccc(OC(F)(F)F)cc3)OC1C2. The van der Waals surface area contributed by atoms with Crippen LogP contribution < -0.4 is 9.47 Å². The number of alkyl halides is 3. The van der Waals surface area contributed by atoms with E-state index in [9.17, 15) is 23.3 Å². The maximum absolute atomic E-state index is 12.2. The van der Waals surface area contributed by atoms with E-state index < -0.39 is 11.3 Å². The minimum Gasteiger partial charge on any atom is -0.440 e. The number of fused-ring (bicyclic) bond motifs is 2. The second-order valence-corrected chi connectivity index (χ2v) is 5.96. The highest BCUT2D eigenvalue weighted by molar-refractivity contribution is 5.30. The zero-order valence-electron chi connectivity index (χ0n) is 13.0. The Hall–Kier alpha value is -2.82. The first-order valence-corrected chi connectivity index (χ1v) is 7.68. The van der Waals surface area contributed by atoms with Gasteiger partial charge in [-0.25, -0.2) is 0 Å². The summed E-state index contributed by atoms with van der Waals surface area (Å²) >= 11 is 0. The molecule has 0 saturated carbocycles. The molecule has 0 aliphatic carbocycles. The number of ether oxygens (including phenoxy) is 3. The van der Waals surface area contributed by atoms with E-state index in [1.807, 2.05) is 0 Å². The molecular weight excluding hydrogens is 359 g/mol. The van der Waals surface area contributed by atoms with Gasteiger partial charge in [-0.3, -0.25) is 4.57 Å². The van der Waals surface area contributed by atoms with Gasteiger partial charge in [0.15, 0.2) is 0 Å². The summed E-state index contributed by atoms with van der Waals surface area (Å²) in [5.41, 5.74) is 0.696. The molecule has 0 bridgehead atoms. The van der Waals surface area contributed by atoms with Crippen molar-refractivity contribution in [2.24, 2.45) is 0 Å². The third kappa shape index (κ3) is 3.17. The Morgan fingerprint density at radius 3 is 2.65 bits per heavy atom. The molecule has 26 heavy (non-hydrogen) atoms. The number of hydrogen-bond donors (Lipinski definition) is 0. The smallest absolute Gasteiger partial charge is 0.440 e.